The van der Waals surface area contributed by atoms with Gasteiger partial charge in [0.1, 0.15) is 0 Å². The van der Waals surface area contributed by atoms with Crippen LogP contribution in [0.25, 0.3) is 0 Å². The highest BCUT2D eigenvalue weighted by atomic mass is 15.2. The Balaban J connectivity index is 1.77. The molecule has 0 spiro atoms. The summed E-state index contributed by atoms with van der Waals surface area (Å²) >= 11 is 0. The summed E-state index contributed by atoms with van der Waals surface area (Å²) in [6, 6.07) is 0.859. The van der Waals surface area contributed by atoms with Crippen LogP contribution in [0.4, 0.5) is 0 Å². The number of hydrogen-bond acceptors (Lipinski definition) is 2. The van der Waals surface area contributed by atoms with Crippen molar-refractivity contribution < 1.29 is 0 Å². The summed E-state index contributed by atoms with van der Waals surface area (Å²) in [5.41, 5.74) is 5.68. The smallest absolute Gasteiger partial charge is 0.0136 e. The molecule has 0 aromatic carbocycles. The van der Waals surface area contributed by atoms with Gasteiger partial charge in [0, 0.05) is 19.1 Å². The SMILES string of the molecule is NCCC1C2CC3CC(C2)CN1C3. The Morgan fingerprint density at radius 2 is 1.77 bits per heavy atom. The topological polar surface area (TPSA) is 29.3 Å². The quantitative estimate of drug-likeness (QED) is 0.688. The Morgan fingerprint density at radius 1 is 1.08 bits per heavy atom. The summed E-state index contributed by atoms with van der Waals surface area (Å²) < 4.78 is 0. The van der Waals surface area contributed by atoms with Crippen LogP contribution in [-0.2, 0) is 0 Å². The summed E-state index contributed by atoms with van der Waals surface area (Å²) in [6.45, 7) is 3.66. The summed E-state index contributed by atoms with van der Waals surface area (Å²) in [5, 5.41) is 0. The lowest BCUT2D eigenvalue weighted by molar-refractivity contribution is -0.0661. The van der Waals surface area contributed by atoms with Gasteiger partial charge < -0.3 is 5.73 Å². The Hall–Kier alpha value is -0.0800. The number of hydrogen-bond donors (Lipinski definition) is 1. The molecule has 4 bridgehead atoms. The molecular weight excluding hydrogens is 160 g/mol. The highest BCUT2D eigenvalue weighted by Crippen LogP contribution is 2.47. The fourth-order valence-corrected chi connectivity index (χ4v) is 4.12. The third-order valence-corrected chi connectivity index (χ3v) is 4.40. The minimum Gasteiger partial charge on any atom is -0.330 e. The second-order valence-corrected chi connectivity index (χ2v) is 5.30. The lowest BCUT2D eigenvalue weighted by atomic mass is 9.64. The molecule has 4 aliphatic rings. The molecule has 4 rings (SSSR count). The van der Waals surface area contributed by atoms with Crippen molar-refractivity contribution in [1.29, 1.82) is 0 Å². The van der Waals surface area contributed by atoms with Crippen LogP contribution in [0.5, 0.6) is 0 Å². The molecule has 3 unspecified atom stereocenters. The van der Waals surface area contributed by atoms with Crippen molar-refractivity contribution in [3.63, 3.8) is 0 Å². The van der Waals surface area contributed by atoms with Crippen LogP contribution in [0.1, 0.15) is 25.7 Å². The third-order valence-electron chi connectivity index (χ3n) is 4.40. The van der Waals surface area contributed by atoms with Gasteiger partial charge in [0.2, 0.25) is 0 Å². The largest absolute Gasteiger partial charge is 0.330 e. The first-order valence-corrected chi connectivity index (χ1v) is 5.81. The van der Waals surface area contributed by atoms with Crippen LogP contribution in [-0.4, -0.2) is 30.6 Å². The zero-order valence-corrected chi connectivity index (χ0v) is 8.28. The molecule has 3 aliphatic heterocycles. The molecule has 3 heterocycles. The van der Waals surface area contributed by atoms with Crippen LogP contribution in [0, 0.1) is 17.8 Å². The summed E-state index contributed by atoms with van der Waals surface area (Å²) in [5.74, 6) is 3.10. The van der Waals surface area contributed by atoms with E-state index in [0.717, 1.165) is 30.3 Å². The minimum absolute atomic E-state index is 0.859. The molecule has 0 aromatic heterocycles. The van der Waals surface area contributed by atoms with Gasteiger partial charge in [-0.2, -0.15) is 0 Å². The first-order valence-electron chi connectivity index (χ1n) is 5.81. The van der Waals surface area contributed by atoms with Crippen molar-refractivity contribution in [3.8, 4) is 0 Å². The first kappa shape index (κ1) is 8.25. The van der Waals surface area contributed by atoms with E-state index in [2.05, 4.69) is 4.90 Å². The Morgan fingerprint density at radius 3 is 2.31 bits per heavy atom. The zero-order chi connectivity index (χ0) is 8.84. The van der Waals surface area contributed by atoms with Gasteiger partial charge in [0.05, 0.1) is 0 Å². The number of nitrogens with two attached hydrogens (primary N) is 1. The van der Waals surface area contributed by atoms with Gasteiger partial charge in [-0.15, -0.1) is 0 Å². The van der Waals surface area contributed by atoms with Gasteiger partial charge in [0.25, 0.3) is 0 Å². The molecule has 2 N–H and O–H groups in total. The van der Waals surface area contributed by atoms with Gasteiger partial charge in [-0.25, -0.2) is 0 Å². The fourth-order valence-electron chi connectivity index (χ4n) is 4.12. The maximum Gasteiger partial charge on any atom is 0.0136 e. The molecule has 0 amide bonds. The molecule has 13 heavy (non-hydrogen) atoms. The van der Waals surface area contributed by atoms with Gasteiger partial charge in [-0.3, -0.25) is 4.90 Å². The van der Waals surface area contributed by atoms with E-state index in [1.54, 1.807) is 0 Å². The predicted octanol–water partition coefficient (Wildman–Crippen LogP) is 1.07. The minimum atomic E-state index is 0.859. The van der Waals surface area contributed by atoms with Gasteiger partial charge in [-0.05, 0) is 50.0 Å². The average molecular weight is 180 g/mol. The second-order valence-electron chi connectivity index (χ2n) is 5.30. The Labute approximate surface area is 80.5 Å². The van der Waals surface area contributed by atoms with Crippen molar-refractivity contribution in [2.24, 2.45) is 23.5 Å². The standard InChI is InChI=1S/C11H20N2/c12-2-1-11-10-4-8-3-9(5-10)7-13(11)6-8/h8-11H,1-7,12H2. The number of nitrogens with zero attached hydrogens (tertiary/aromatic N) is 1. The van der Waals surface area contributed by atoms with Crippen molar-refractivity contribution in [2.45, 2.75) is 31.7 Å². The Bertz CT molecular complexity index is 174. The van der Waals surface area contributed by atoms with Crippen molar-refractivity contribution in [2.75, 3.05) is 19.6 Å². The molecule has 2 nitrogen and oxygen atoms in total. The monoisotopic (exact) mass is 180 g/mol. The summed E-state index contributed by atoms with van der Waals surface area (Å²) in [4.78, 5) is 2.74. The molecule has 1 aliphatic carbocycles. The highest BCUT2D eigenvalue weighted by Gasteiger charge is 2.46. The van der Waals surface area contributed by atoms with E-state index in [0.29, 0.717) is 0 Å². The zero-order valence-electron chi connectivity index (χ0n) is 8.28. The van der Waals surface area contributed by atoms with Crippen LogP contribution >= 0.6 is 0 Å². The van der Waals surface area contributed by atoms with Crippen LogP contribution in [0.2, 0.25) is 0 Å². The van der Waals surface area contributed by atoms with Crippen LogP contribution < -0.4 is 5.73 Å². The Kier molecular flexibility index (Phi) is 1.88. The lowest BCUT2D eigenvalue weighted by Crippen LogP contribution is -2.59. The molecule has 0 aromatic rings. The molecule has 1 saturated carbocycles. The molecule has 0 radical (unpaired) electrons. The average Bonchev–Trinajstić information content (AvgIpc) is 2.10. The molecule has 2 heteroatoms. The number of rotatable bonds is 2. The molecule has 3 atom stereocenters. The van der Waals surface area contributed by atoms with E-state index in [1.807, 2.05) is 0 Å². The number of piperidine rings is 3. The molecular formula is C11H20N2. The maximum absolute atomic E-state index is 5.68. The second kappa shape index (κ2) is 2.96. The summed E-state index contributed by atoms with van der Waals surface area (Å²) in [7, 11) is 0. The van der Waals surface area contributed by atoms with Gasteiger partial charge in [-0.1, -0.05) is 0 Å². The van der Waals surface area contributed by atoms with E-state index in [9.17, 15) is 0 Å². The van der Waals surface area contributed by atoms with Gasteiger partial charge in [0.15, 0.2) is 0 Å². The van der Waals surface area contributed by atoms with Crippen molar-refractivity contribution in [1.82, 2.24) is 4.90 Å². The third kappa shape index (κ3) is 1.23. The maximum atomic E-state index is 5.68. The van der Waals surface area contributed by atoms with E-state index >= 15 is 0 Å². The van der Waals surface area contributed by atoms with Crippen molar-refractivity contribution in [3.05, 3.63) is 0 Å². The lowest BCUT2D eigenvalue weighted by Gasteiger charge is -2.56. The van der Waals surface area contributed by atoms with E-state index in [-0.39, 0.29) is 0 Å². The van der Waals surface area contributed by atoms with E-state index in [4.69, 9.17) is 5.73 Å². The fraction of sp³-hybridized carbons (Fsp3) is 1.00. The molecule has 4 fully saturated rings. The van der Waals surface area contributed by atoms with Crippen molar-refractivity contribution >= 4 is 0 Å². The first-order chi connectivity index (χ1) is 6.36. The normalized spacial score (nSPS) is 52.8. The van der Waals surface area contributed by atoms with E-state index in [1.165, 1.54) is 38.8 Å². The predicted molar refractivity (Wildman–Crippen MR) is 53.4 cm³/mol. The highest BCUT2D eigenvalue weighted by molar-refractivity contribution is 4.99. The molecule has 74 valence electrons. The summed E-state index contributed by atoms with van der Waals surface area (Å²) in [6.07, 6.45) is 5.79. The van der Waals surface area contributed by atoms with E-state index < -0.39 is 0 Å². The molecule has 3 saturated heterocycles. The van der Waals surface area contributed by atoms with Crippen LogP contribution in [0.3, 0.4) is 0 Å². The van der Waals surface area contributed by atoms with Gasteiger partial charge >= 0.3 is 0 Å². The van der Waals surface area contributed by atoms with Crippen LogP contribution in [0.15, 0.2) is 0 Å².